The number of phenolic OH excluding ortho intramolecular Hbond substituents is 1. The molecule has 21 heavy (non-hydrogen) atoms. The molecule has 6 heteroatoms. The van der Waals surface area contributed by atoms with E-state index in [1.165, 1.54) is 11.8 Å². The number of carbonyl (C=O) groups is 1. The van der Waals surface area contributed by atoms with Gasteiger partial charge in [-0.15, -0.1) is 0 Å². The molecule has 5 nitrogen and oxygen atoms in total. The number of hydrazone groups is 1. The van der Waals surface area contributed by atoms with Crippen LogP contribution < -0.4 is 10.7 Å². The molecule has 104 valence electrons. The summed E-state index contributed by atoms with van der Waals surface area (Å²) in [6.45, 7) is 0. The third-order valence-corrected chi connectivity index (χ3v) is 4.88. The van der Waals surface area contributed by atoms with Crippen molar-refractivity contribution < 1.29 is 9.90 Å². The van der Waals surface area contributed by atoms with Gasteiger partial charge in [0.15, 0.2) is 0 Å². The molecule has 0 aromatic heterocycles. The lowest BCUT2D eigenvalue weighted by Crippen LogP contribution is -2.39. The average Bonchev–Trinajstić information content (AvgIpc) is 3.05. The van der Waals surface area contributed by atoms with E-state index < -0.39 is 4.87 Å². The number of nitrogens with zero attached hydrogens (tertiary/aromatic N) is 1. The molecular formula is C15H11N3O2S. The zero-order chi connectivity index (χ0) is 14.4. The Morgan fingerprint density at radius 1 is 1.10 bits per heavy atom. The minimum absolute atomic E-state index is 0.147. The molecule has 0 bridgehead atoms. The average molecular weight is 297 g/mol. The van der Waals surface area contributed by atoms with Crippen LogP contribution in [0, 0.1) is 0 Å². The Hall–Kier alpha value is -2.47. The predicted molar refractivity (Wildman–Crippen MR) is 82.1 cm³/mol. The standard InChI is InChI=1S/C15H11N3O2S/c19-12-8-4-1-5-9(12)13-17-18-15(21-13)10-6-2-3-7-11(10)16-14(15)20/h1-8,18-19H,(H,16,20). The number of hydrogen-bond acceptors (Lipinski definition) is 5. The maximum atomic E-state index is 12.4. The van der Waals surface area contributed by atoms with Gasteiger partial charge >= 0.3 is 0 Å². The van der Waals surface area contributed by atoms with Crippen LogP contribution in [0.2, 0.25) is 0 Å². The number of nitrogens with one attached hydrogen (secondary N) is 2. The number of thioether (sulfide) groups is 1. The van der Waals surface area contributed by atoms with Gasteiger partial charge in [-0.3, -0.25) is 10.2 Å². The topological polar surface area (TPSA) is 73.7 Å². The first kappa shape index (κ1) is 12.3. The van der Waals surface area contributed by atoms with Gasteiger partial charge in [-0.2, -0.15) is 5.10 Å². The number of carbonyl (C=O) groups excluding carboxylic acids is 1. The highest BCUT2D eigenvalue weighted by molar-refractivity contribution is 8.16. The zero-order valence-electron chi connectivity index (χ0n) is 10.8. The molecule has 2 aliphatic rings. The van der Waals surface area contributed by atoms with Gasteiger partial charge in [0, 0.05) is 11.3 Å². The fourth-order valence-electron chi connectivity index (χ4n) is 2.53. The largest absolute Gasteiger partial charge is 0.507 e. The van der Waals surface area contributed by atoms with E-state index in [1.54, 1.807) is 18.2 Å². The van der Waals surface area contributed by atoms with Gasteiger partial charge in [0.1, 0.15) is 10.8 Å². The van der Waals surface area contributed by atoms with Crippen molar-refractivity contribution >= 4 is 28.4 Å². The molecule has 0 saturated heterocycles. The Morgan fingerprint density at radius 3 is 2.71 bits per heavy atom. The summed E-state index contributed by atoms with van der Waals surface area (Å²) >= 11 is 1.31. The second kappa shape index (κ2) is 4.26. The van der Waals surface area contributed by atoms with Gasteiger partial charge < -0.3 is 10.4 Å². The Balaban J connectivity index is 1.76. The fraction of sp³-hybridized carbons (Fsp3) is 0.0667. The van der Waals surface area contributed by atoms with E-state index in [1.807, 2.05) is 30.3 Å². The first-order chi connectivity index (χ1) is 10.2. The summed E-state index contributed by atoms with van der Waals surface area (Å²) in [6, 6.07) is 14.5. The van der Waals surface area contributed by atoms with Gasteiger partial charge in [0.25, 0.3) is 5.91 Å². The summed E-state index contributed by atoms with van der Waals surface area (Å²) < 4.78 is 0. The predicted octanol–water partition coefficient (Wildman–Crippen LogP) is 2.20. The summed E-state index contributed by atoms with van der Waals surface area (Å²) in [4.78, 5) is 11.4. The van der Waals surface area contributed by atoms with Gasteiger partial charge in [-0.05, 0) is 18.2 Å². The number of phenols is 1. The van der Waals surface area contributed by atoms with Gasteiger partial charge in [0.05, 0.1) is 5.56 Å². The molecular weight excluding hydrogens is 286 g/mol. The molecule has 1 unspecified atom stereocenters. The molecule has 3 N–H and O–H groups in total. The van der Waals surface area contributed by atoms with Crippen LogP contribution in [0.3, 0.4) is 0 Å². The molecule has 0 fully saturated rings. The number of para-hydroxylation sites is 2. The Kier molecular flexibility index (Phi) is 2.49. The van der Waals surface area contributed by atoms with Crippen molar-refractivity contribution in [2.75, 3.05) is 5.32 Å². The molecule has 2 aromatic carbocycles. The molecule has 0 radical (unpaired) electrons. The third-order valence-electron chi connectivity index (χ3n) is 3.57. The summed E-state index contributed by atoms with van der Waals surface area (Å²) in [5, 5.41) is 17.7. The normalized spacial score (nSPS) is 22.7. The number of benzene rings is 2. The summed E-state index contributed by atoms with van der Waals surface area (Å²) in [6.07, 6.45) is 0. The van der Waals surface area contributed by atoms with Crippen LogP contribution in [-0.4, -0.2) is 16.1 Å². The van der Waals surface area contributed by atoms with Crippen molar-refractivity contribution in [3.63, 3.8) is 0 Å². The number of rotatable bonds is 1. The minimum Gasteiger partial charge on any atom is -0.507 e. The van der Waals surface area contributed by atoms with E-state index in [2.05, 4.69) is 15.8 Å². The van der Waals surface area contributed by atoms with E-state index in [0.717, 1.165) is 11.3 Å². The van der Waals surface area contributed by atoms with Crippen LogP contribution in [0.4, 0.5) is 5.69 Å². The maximum absolute atomic E-state index is 12.4. The molecule has 1 amide bonds. The molecule has 4 rings (SSSR count). The highest BCUT2D eigenvalue weighted by Gasteiger charge is 2.52. The Labute approximate surface area is 125 Å². The molecule has 1 spiro atoms. The molecule has 0 saturated carbocycles. The molecule has 2 aromatic rings. The van der Waals surface area contributed by atoms with Crippen molar-refractivity contribution in [3.8, 4) is 5.75 Å². The lowest BCUT2D eigenvalue weighted by Gasteiger charge is -2.19. The minimum atomic E-state index is -0.950. The van der Waals surface area contributed by atoms with Crippen molar-refractivity contribution in [1.29, 1.82) is 0 Å². The van der Waals surface area contributed by atoms with Gasteiger partial charge in [-0.25, -0.2) is 0 Å². The van der Waals surface area contributed by atoms with Crippen molar-refractivity contribution in [2.24, 2.45) is 5.10 Å². The lowest BCUT2D eigenvalue weighted by atomic mass is 10.1. The Bertz CT molecular complexity index is 790. The monoisotopic (exact) mass is 297 g/mol. The van der Waals surface area contributed by atoms with E-state index in [0.29, 0.717) is 10.6 Å². The smallest absolute Gasteiger partial charge is 0.267 e. The number of hydrogen-bond donors (Lipinski definition) is 3. The van der Waals surface area contributed by atoms with E-state index in [-0.39, 0.29) is 11.7 Å². The van der Waals surface area contributed by atoms with Crippen LogP contribution in [0.1, 0.15) is 11.1 Å². The zero-order valence-corrected chi connectivity index (χ0v) is 11.6. The first-order valence-electron chi connectivity index (χ1n) is 6.44. The van der Waals surface area contributed by atoms with Crippen molar-refractivity contribution in [1.82, 2.24) is 5.43 Å². The van der Waals surface area contributed by atoms with E-state index in [4.69, 9.17) is 0 Å². The number of fused-ring (bicyclic) bond motifs is 2. The summed E-state index contributed by atoms with van der Waals surface area (Å²) in [5.74, 6) is -0.00263. The summed E-state index contributed by atoms with van der Waals surface area (Å²) in [7, 11) is 0. The third kappa shape index (κ3) is 1.66. The van der Waals surface area contributed by atoms with Gasteiger partial charge in [-0.1, -0.05) is 42.1 Å². The Morgan fingerprint density at radius 2 is 1.86 bits per heavy atom. The molecule has 0 aliphatic carbocycles. The lowest BCUT2D eigenvalue weighted by molar-refractivity contribution is -0.118. The van der Waals surface area contributed by atoms with E-state index in [9.17, 15) is 9.90 Å². The maximum Gasteiger partial charge on any atom is 0.267 e. The molecule has 2 aliphatic heterocycles. The van der Waals surface area contributed by atoms with Crippen LogP contribution in [0.15, 0.2) is 53.6 Å². The number of anilines is 1. The highest BCUT2D eigenvalue weighted by atomic mass is 32.2. The van der Waals surface area contributed by atoms with Crippen LogP contribution >= 0.6 is 11.8 Å². The second-order valence-corrected chi connectivity index (χ2v) is 6.03. The first-order valence-corrected chi connectivity index (χ1v) is 7.25. The van der Waals surface area contributed by atoms with Gasteiger partial charge in [0.2, 0.25) is 4.87 Å². The SMILES string of the molecule is O=C1Nc2ccccc2C12NN=C(c1ccccc1O)S2. The molecule has 2 heterocycles. The number of amides is 1. The van der Waals surface area contributed by atoms with Crippen LogP contribution in [0.5, 0.6) is 5.75 Å². The van der Waals surface area contributed by atoms with Crippen LogP contribution in [0.25, 0.3) is 0 Å². The van der Waals surface area contributed by atoms with Crippen LogP contribution in [-0.2, 0) is 9.67 Å². The van der Waals surface area contributed by atoms with E-state index >= 15 is 0 Å². The molecule has 1 atom stereocenters. The number of aromatic hydroxyl groups is 1. The second-order valence-electron chi connectivity index (χ2n) is 4.83. The quantitative estimate of drug-likeness (QED) is 0.754. The highest BCUT2D eigenvalue weighted by Crippen LogP contribution is 2.48. The van der Waals surface area contributed by atoms with Crippen molar-refractivity contribution in [3.05, 3.63) is 59.7 Å². The summed E-state index contributed by atoms with van der Waals surface area (Å²) in [5.41, 5.74) is 5.20. The van der Waals surface area contributed by atoms with Crippen molar-refractivity contribution in [2.45, 2.75) is 4.87 Å². The fourth-order valence-corrected chi connectivity index (χ4v) is 3.72.